The number of hydrogen-bond acceptors (Lipinski definition) is 4. The fourth-order valence-electron chi connectivity index (χ4n) is 1.95. The highest BCUT2D eigenvalue weighted by molar-refractivity contribution is 5.83. The lowest BCUT2D eigenvalue weighted by Crippen LogP contribution is -2.28. The molecule has 0 aliphatic rings. The van der Waals surface area contributed by atoms with Gasteiger partial charge in [0.1, 0.15) is 5.52 Å². The first-order chi connectivity index (χ1) is 9.48. The Morgan fingerprint density at radius 2 is 2.10 bits per heavy atom. The highest BCUT2D eigenvalue weighted by atomic mass is 16.4. The molecule has 2 heterocycles. The van der Waals surface area contributed by atoms with E-state index >= 15 is 0 Å². The number of rotatable bonds is 3. The molecule has 0 amide bonds. The maximum Gasteiger partial charge on any atom is 0.313 e. The lowest BCUT2D eigenvalue weighted by Gasteiger charge is -2.19. The molecule has 0 bridgehead atoms. The predicted octanol–water partition coefficient (Wildman–Crippen LogP) is 3.45. The Hall–Kier alpha value is -2.56. The van der Waals surface area contributed by atoms with E-state index in [0.29, 0.717) is 28.3 Å². The monoisotopic (exact) mass is 271 g/mol. The first-order valence-corrected chi connectivity index (χ1v) is 6.17. The zero-order chi connectivity index (χ0) is 14.3. The van der Waals surface area contributed by atoms with E-state index in [0.717, 1.165) is 0 Å². The Labute approximate surface area is 114 Å². The van der Waals surface area contributed by atoms with Gasteiger partial charge < -0.3 is 13.9 Å². The summed E-state index contributed by atoms with van der Waals surface area (Å²) in [6.07, 6.45) is 1.54. The van der Waals surface area contributed by atoms with Crippen LogP contribution in [-0.2, 0) is 10.2 Å². The van der Waals surface area contributed by atoms with Crippen molar-refractivity contribution in [2.75, 3.05) is 0 Å². The average Bonchev–Trinajstić information content (AvgIpc) is 3.06. The van der Waals surface area contributed by atoms with Gasteiger partial charge in [-0.2, -0.15) is 0 Å². The second kappa shape index (κ2) is 4.23. The van der Waals surface area contributed by atoms with Crippen LogP contribution in [0.25, 0.3) is 22.8 Å². The molecule has 3 aromatic rings. The zero-order valence-electron chi connectivity index (χ0n) is 11.1. The lowest BCUT2D eigenvalue weighted by molar-refractivity contribution is -0.142. The second-order valence-corrected chi connectivity index (χ2v) is 5.11. The third kappa shape index (κ3) is 1.87. The maximum absolute atomic E-state index is 11.3. The average molecular weight is 271 g/mol. The van der Waals surface area contributed by atoms with Gasteiger partial charge in [-0.3, -0.25) is 4.79 Å². The molecule has 20 heavy (non-hydrogen) atoms. The highest BCUT2D eigenvalue weighted by Crippen LogP contribution is 2.29. The van der Waals surface area contributed by atoms with Crippen molar-refractivity contribution < 1.29 is 18.7 Å². The largest absolute Gasteiger partial charge is 0.481 e. The Balaban J connectivity index is 2.11. The number of hydrogen-bond donors (Lipinski definition) is 1. The van der Waals surface area contributed by atoms with E-state index in [4.69, 9.17) is 8.83 Å². The molecule has 0 atom stereocenters. The third-order valence-corrected chi connectivity index (χ3v) is 3.38. The molecule has 0 saturated carbocycles. The quantitative estimate of drug-likeness (QED) is 0.789. The van der Waals surface area contributed by atoms with E-state index in [1.165, 1.54) is 0 Å². The van der Waals surface area contributed by atoms with E-state index in [9.17, 15) is 9.90 Å². The summed E-state index contributed by atoms with van der Waals surface area (Å²) in [5, 5.41) is 9.26. The lowest BCUT2D eigenvalue weighted by atomic mass is 9.85. The van der Waals surface area contributed by atoms with Crippen LogP contribution in [0.5, 0.6) is 0 Å². The number of benzene rings is 1. The number of nitrogens with zero attached hydrogens (tertiary/aromatic N) is 1. The van der Waals surface area contributed by atoms with Crippen LogP contribution in [0.1, 0.15) is 19.4 Å². The van der Waals surface area contributed by atoms with Crippen molar-refractivity contribution in [3.05, 3.63) is 42.2 Å². The van der Waals surface area contributed by atoms with Crippen molar-refractivity contribution in [3.63, 3.8) is 0 Å². The topological polar surface area (TPSA) is 76.5 Å². The molecule has 5 nitrogen and oxygen atoms in total. The molecule has 0 aliphatic carbocycles. The van der Waals surface area contributed by atoms with Crippen molar-refractivity contribution in [3.8, 4) is 11.7 Å². The van der Waals surface area contributed by atoms with Crippen molar-refractivity contribution >= 4 is 17.1 Å². The summed E-state index contributed by atoms with van der Waals surface area (Å²) in [4.78, 5) is 15.6. The number of carboxylic acid groups (broad SMARTS) is 1. The van der Waals surface area contributed by atoms with Crippen molar-refractivity contribution in [2.45, 2.75) is 19.3 Å². The van der Waals surface area contributed by atoms with Gasteiger partial charge in [-0.25, -0.2) is 4.98 Å². The van der Waals surface area contributed by atoms with Crippen LogP contribution < -0.4 is 0 Å². The van der Waals surface area contributed by atoms with E-state index in [1.807, 2.05) is 0 Å². The van der Waals surface area contributed by atoms with E-state index in [-0.39, 0.29) is 0 Å². The summed E-state index contributed by atoms with van der Waals surface area (Å²) >= 11 is 0. The maximum atomic E-state index is 11.3. The number of fused-ring (bicyclic) bond motifs is 1. The first-order valence-electron chi connectivity index (χ1n) is 6.17. The standard InChI is InChI=1S/C15H13NO4/c1-15(2,14(17)18)9-5-6-11-10(8-9)16-13(20-11)12-4-3-7-19-12/h3-8H,1-2H3,(H,17,18). The van der Waals surface area contributed by atoms with E-state index in [2.05, 4.69) is 4.98 Å². The number of furan rings is 1. The van der Waals surface area contributed by atoms with E-state index in [1.54, 1.807) is 50.4 Å². The van der Waals surface area contributed by atoms with Gasteiger partial charge in [-0.1, -0.05) is 6.07 Å². The fourth-order valence-corrected chi connectivity index (χ4v) is 1.95. The summed E-state index contributed by atoms with van der Waals surface area (Å²) in [5.74, 6) is 0.0436. The van der Waals surface area contributed by atoms with Gasteiger partial charge in [0.2, 0.25) is 0 Å². The SMILES string of the molecule is CC(C)(C(=O)O)c1ccc2oc(-c3ccco3)nc2c1. The van der Waals surface area contributed by atoms with Gasteiger partial charge in [0.05, 0.1) is 11.7 Å². The molecule has 5 heteroatoms. The van der Waals surface area contributed by atoms with Crippen LogP contribution in [0, 0.1) is 0 Å². The molecular formula is C15H13NO4. The van der Waals surface area contributed by atoms with Crippen LogP contribution in [-0.4, -0.2) is 16.1 Å². The van der Waals surface area contributed by atoms with Gasteiger partial charge in [-0.15, -0.1) is 0 Å². The van der Waals surface area contributed by atoms with Crippen molar-refractivity contribution in [2.24, 2.45) is 0 Å². The minimum absolute atomic E-state index is 0.385. The van der Waals surface area contributed by atoms with Crippen LogP contribution in [0.3, 0.4) is 0 Å². The second-order valence-electron chi connectivity index (χ2n) is 5.11. The Kier molecular flexibility index (Phi) is 2.64. The van der Waals surface area contributed by atoms with Gasteiger partial charge in [0, 0.05) is 0 Å². The van der Waals surface area contributed by atoms with Gasteiger partial charge in [-0.05, 0) is 43.7 Å². The third-order valence-electron chi connectivity index (χ3n) is 3.38. The van der Waals surface area contributed by atoms with Gasteiger partial charge in [0.25, 0.3) is 5.89 Å². The van der Waals surface area contributed by atoms with Crippen LogP contribution >= 0.6 is 0 Å². The van der Waals surface area contributed by atoms with Crippen LogP contribution in [0.2, 0.25) is 0 Å². The molecule has 0 spiro atoms. The Bertz CT molecular complexity index is 768. The molecule has 2 aromatic heterocycles. The number of aromatic nitrogens is 1. The smallest absolute Gasteiger partial charge is 0.313 e. The number of carbonyl (C=O) groups is 1. The van der Waals surface area contributed by atoms with Crippen molar-refractivity contribution in [1.82, 2.24) is 4.98 Å². The Morgan fingerprint density at radius 3 is 2.75 bits per heavy atom. The fraction of sp³-hybridized carbons (Fsp3) is 0.200. The zero-order valence-corrected chi connectivity index (χ0v) is 11.1. The molecule has 0 radical (unpaired) electrons. The van der Waals surface area contributed by atoms with Gasteiger partial charge >= 0.3 is 5.97 Å². The molecule has 102 valence electrons. The molecule has 0 unspecified atom stereocenters. The normalized spacial score (nSPS) is 11.9. The molecule has 3 rings (SSSR count). The minimum Gasteiger partial charge on any atom is -0.481 e. The van der Waals surface area contributed by atoms with Crippen molar-refractivity contribution in [1.29, 1.82) is 0 Å². The summed E-state index contributed by atoms with van der Waals surface area (Å²) in [6.45, 7) is 3.31. The number of carboxylic acids is 1. The molecule has 0 saturated heterocycles. The number of aliphatic carboxylic acids is 1. The highest BCUT2D eigenvalue weighted by Gasteiger charge is 2.30. The first kappa shape index (κ1) is 12.5. The summed E-state index contributed by atoms with van der Waals surface area (Å²) in [7, 11) is 0. The molecule has 0 aliphatic heterocycles. The summed E-state index contributed by atoms with van der Waals surface area (Å²) in [5.41, 5.74) is 0.916. The molecular weight excluding hydrogens is 258 g/mol. The molecule has 0 fully saturated rings. The molecule has 1 N–H and O–H groups in total. The number of oxazole rings is 1. The molecule has 1 aromatic carbocycles. The van der Waals surface area contributed by atoms with Crippen LogP contribution in [0.15, 0.2) is 45.4 Å². The van der Waals surface area contributed by atoms with E-state index < -0.39 is 11.4 Å². The summed E-state index contributed by atoms with van der Waals surface area (Å²) in [6, 6.07) is 8.72. The summed E-state index contributed by atoms with van der Waals surface area (Å²) < 4.78 is 10.8. The van der Waals surface area contributed by atoms with Gasteiger partial charge in [0.15, 0.2) is 11.3 Å². The Morgan fingerprint density at radius 1 is 1.30 bits per heavy atom. The predicted molar refractivity (Wildman–Crippen MR) is 72.4 cm³/mol. The van der Waals surface area contributed by atoms with Crippen LogP contribution in [0.4, 0.5) is 0 Å². The minimum atomic E-state index is -0.974.